The minimum absolute atomic E-state index is 0.0270. The minimum Gasteiger partial charge on any atom is -0.457 e. The van der Waals surface area contributed by atoms with E-state index in [-0.39, 0.29) is 22.2 Å². The first-order chi connectivity index (χ1) is 23.9. The first-order valence-electron chi connectivity index (χ1n) is 15.5. The molecule has 5 rings (SSSR count). The van der Waals surface area contributed by atoms with Crippen LogP contribution in [0.25, 0.3) is 0 Å². The lowest BCUT2D eigenvalue weighted by molar-refractivity contribution is -0.167. The number of ether oxygens (including phenoxy) is 2. The number of fused-ring (bicyclic) bond motifs is 1. The Morgan fingerprint density at radius 2 is 1.72 bits per heavy atom. The van der Waals surface area contributed by atoms with Gasteiger partial charge >= 0.3 is 11.9 Å². The zero-order valence-corrected chi connectivity index (χ0v) is 29.3. The summed E-state index contributed by atoms with van der Waals surface area (Å²) in [6, 6.07) is 17.5. The summed E-state index contributed by atoms with van der Waals surface area (Å²) in [4.78, 5) is 75.6. The molecule has 15 heteroatoms. The second-order valence-corrected chi connectivity index (χ2v) is 14.0. The Labute approximate surface area is 296 Å². The van der Waals surface area contributed by atoms with Crippen molar-refractivity contribution < 1.29 is 38.3 Å². The van der Waals surface area contributed by atoms with E-state index in [4.69, 9.17) is 14.3 Å². The van der Waals surface area contributed by atoms with Gasteiger partial charge in [0.25, 0.3) is 11.8 Å². The number of aromatic nitrogens is 1. The number of anilines is 1. The third-order valence-electron chi connectivity index (χ3n) is 7.34. The van der Waals surface area contributed by atoms with Gasteiger partial charge in [-0.05, 0) is 44.4 Å². The molecule has 1 aromatic heterocycles. The van der Waals surface area contributed by atoms with Gasteiger partial charge in [-0.15, -0.1) is 23.1 Å². The lowest BCUT2D eigenvalue weighted by Crippen LogP contribution is -2.71. The second kappa shape index (κ2) is 15.5. The van der Waals surface area contributed by atoms with E-state index in [1.165, 1.54) is 35.0 Å². The molecule has 0 aliphatic carbocycles. The summed E-state index contributed by atoms with van der Waals surface area (Å²) in [6.07, 6.45) is 0.00423. The summed E-state index contributed by atoms with van der Waals surface area (Å²) in [7, 11) is 0. The number of β-lactam (4-membered cyclic amide) rings is 1. The van der Waals surface area contributed by atoms with Gasteiger partial charge < -0.3 is 24.9 Å². The number of allylic oxidation sites excluding steroid dienone is 1. The van der Waals surface area contributed by atoms with E-state index in [0.717, 1.165) is 22.5 Å². The number of carbonyl (C=O) groups excluding carboxylic acids is 5. The SMILES string of the molecule is C=CC1=C(C(=O)OC(c2ccccc2)c2ccccc2)N2C(=O)C(NC(=O)C(=NOC(C)C(=O)OC(C)(C)C)c3csc(NC=O)n3)[C@H]2SC1. The fourth-order valence-corrected chi connectivity index (χ4v) is 7.00. The van der Waals surface area contributed by atoms with Crippen molar-refractivity contribution in [2.45, 2.75) is 56.9 Å². The molecule has 13 nitrogen and oxygen atoms in total. The number of carbonyl (C=O) groups is 5. The molecule has 3 aromatic rings. The Morgan fingerprint density at radius 1 is 1.08 bits per heavy atom. The first kappa shape index (κ1) is 36.0. The summed E-state index contributed by atoms with van der Waals surface area (Å²) in [5.41, 5.74) is 0.947. The molecule has 2 aromatic carbocycles. The number of hydrogen-bond donors (Lipinski definition) is 2. The van der Waals surface area contributed by atoms with Gasteiger partial charge in [0.05, 0.1) is 0 Å². The van der Waals surface area contributed by atoms with E-state index >= 15 is 0 Å². The van der Waals surface area contributed by atoms with Crippen LogP contribution in [0.1, 0.15) is 50.6 Å². The smallest absolute Gasteiger partial charge is 0.356 e. The fraction of sp³-hybridized carbons (Fsp3) is 0.286. The van der Waals surface area contributed by atoms with Gasteiger partial charge in [0.2, 0.25) is 12.5 Å². The standard InChI is InChI=1S/C35H35N5O8S2/c1-6-21-17-49-31-26(30(43)40(31)27(21)33(45)46-28(22-13-9-7-10-14-22)23-15-11-8-12-16-23)38-29(42)25(24-18-50-34(37-24)36-19-41)39-48-20(2)32(44)47-35(3,4)5/h6-16,18-20,26,28,31H,1,17H2,2-5H3,(H,38,42)(H,36,37,41)/t20?,26?,31-/m1/s1. The van der Waals surface area contributed by atoms with Crippen LogP contribution in [-0.2, 0) is 38.3 Å². The zero-order valence-electron chi connectivity index (χ0n) is 27.7. The highest BCUT2D eigenvalue weighted by atomic mass is 32.2. The number of nitrogens with zero attached hydrogens (tertiary/aromatic N) is 3. The maximum Gasteiger partial charge on any atom is 0.356 e. The molecule has 260 valence electrons. The molecule has 0 bridgehead atoms. The van der Waals surface area contributed by atoms with Gasteiger partial charge in [0.1, 0.15) is 28.4 Å². The average molecular weight is 718 g/mol. The predicted octanol–water partition coefficient (Wildman–Crippen LogP) is 4.34. The molecular formula is C35H35N5O8S2. The summed E-state index contributed by atoms with van der Waals surface area (Å²) in [5, 5.41) is 9.98. The molecule has 1 saturated heterocycles. The molecular weight excluding hydrogens is 683 g/mol. The van der Waals surface area contributed by atoms with Gasteiger partial charge in [-0.2, -0.15) is 0 Å². The van der Waals surface area contributed by atoms with Crippen LogP contribution in [0.5, 0.6) is 0 Å². The molecule has 3 atom stereocenters. The van der Waals surface area contributed by atoms with Crippen molar-refractivity contribution in [2.24, 2.45) is 5.16 Å². The quantitative estimate of drug-likeness (QED) is 0.0855. The van der Waals surface area contributed by atoms with Crippen molar-refractivity contribution in [3.63, 3.8) is 0 Å². The molecule has 0 saturated carbocycles. The number of amides is 3. The number of thiazole rings is 1. The average Bonchev–Trinajstić information content (AvgIpc) is 3.56. The zero-order chi connectivity index (χ0) is 36.0. The number of nitrogens with one attached hydrogen (secondary N) is 2. The Morgan fingerprint density at radius 3 is 2.30 bits per heavy atom. The van der Waals surface area contributed by atoms with E-state index < -0.39 is 53.0 Å². The Balaban J connectivity index is 1.36. The van der Waals surface area contributed by atoms with E-state index in [1.54, 1.807) is 20.8 Å². The van der Waals surface area contributed by atoms with Crippen LogP contribution in [0.2, 0.25) is 0 Å². The van der Waals surface area contributed by atoms with E-state index in [2.05, 4.69) is 27.4 Å². The summed E-state index contributed by atoms with van der Waals surface area (Å²) >= 11 is 2.36. The molecule has 2 unspecified atom stereocenters. The Bertz CT molecular complexity index is 1800. The van der Waals surface area contributed by atoms with E-state index in [9.17, 15) is 24.0 Å². The monoisotopic (exact) mass is 717 g/mol. The number of hydrogen-bond acceptors (Lipinski definition) is 12. The molecule has 2 N–H and O–H groups in total. The predicted molar refractivity (Wildman–Crippen MR) is 188 cm³/mol. The van der Waals surface area contributed by atoms with Gasteiger partial charge in [-0.25, -0.2) is 14.6 Å². The van der Waals surface area contributed by atoms with Crippen LogP contribution in [0.4, 0.5) is 5.13 Å². The van der Waals surface area contributed by atoms with Crippen LogP contribution < -0.4 is 10.6 Å². The van der Waals surface area contributed by atoms with Gasteiger partial charge in [-0.1, -0.05) is 78.5 Å². The molecule has 2 aliphatic heterocycles. The van der Waals surface area contributed by atoms with Crippen molar-refractivity contribution in [3.05, 3.63) is 107 Å². The highest BCUT2D eigenvalue weighted by Gasteiger charge is 2.54. The molecule has 3 amide bonds. The molecule has 1 fully saturated rings. The second-order valence-electron chi connectivity index (χ2n) is 12.1. The van der Waals surface area contributed by atoms with Gasteiger partial charge in [-0.3, -0.25) is 19.3 Å². The molecule has 0 spiro atoms. The third kappa shape index (κ3) is 8.12. The summed E-state index contributed by atoms with van der Waals surface area (Å²) in [5.74, 6) is -2.50. The largest absolute Gasteiger partial charge is 0.457 e. The molecule has 2 aliphatic rings. The normalized spacial score (nSPS) is 18.0. The number of thioether (sulfide) groups is 1. The highest BCUT2D eigenvalue weighted by molar-refractivity contribution is 8.00. The van der Waals surface area contributed by atoms with Crippen molar-refractivity contribution in [1.29, 1.82) is 0 Å². The number of esters is 2. The number of oxime groups is 1. The van der Waals surface area contributed by atoms with Crippen LogP contribution in [0.15, 0.2) is 95.1 Å². The third-order valence-corrected chi connectivity index (χ3v) is 9.41. The van der Waals surface area contributed by atoms with Crippen molar-refractivity contribution >= 4 is 64.1 Å². The topological polar surface area (TPSA) is 166 Å². The number of benzene rings is 2. The molecule has 3 heterocycles. The van der Waals surface area contributed by atoms with Gasteiger partial charge in [0, 0.05) is 11.1 Å². The lowest BCUT2D eigenvalue weighted by atomic mass is 10.0. The fourth-order valence-electron chi connectivity index (χ4n) is 5.01. The van der Waals surface area contributed by atoms with Crippen LogP contribution in [0, 0.1) is 0 Å². The van der Waals surface area contributed by atoms with Crippen LogP contribution in [0.3, 0.4) is 0 Å². The van der Waals surface area contributed by atoms with Crippen molar-refractivity contribution in [2.75, 3.05) is 11.1 Å². The Hall–Kier alpha value is -5.28. The van der Waals surface area contributed by atoms with Gasteiger partial charge in [0.15, 0.2) is 16.9 Å². The lowest BCUT2D eigenvalue weighted by Gasteiger charge is -2.49. The minimum atomic E-state index is -1.19. The summed E-state index contributed by atoms with van der Waals surface area (Å²) < 4.78 is 11.4. The van der Waals surface area contributed by atoms with Crippen molar-refractivity contribution in [3.8, 4) is 0 Å². The molecule has 50 heavy (non-hydrogen) atoms. The maximum atomic E-state index is 13.9. The molecule has 0 radical (unpaired) electrons. The number of rotatable bonds is 13. The van der Waals surface area contributed by atoms with E-state index in [1.807, 2.05) is 60.7 Å². The maximum absolute atomic E-state index is 13.9. The Kier molecular flexibility index (Phi) is 11.2. The first-order valence-corrected chi connectivity index (χ1v) is 17.4. The van der Waals surface area contributed by atoms with Crippen molar-refractivity contribution in [1.82, 2.24) is 15.2 Å². The van der Waals surface area contributed by atoms with Crippen LogP contribution in [-0.4, -0.2) is 74.6 Å². The highest BCUT2D eigenvalue weighted by Crippen LogP contribution is 2.42. The van der Waals surface area contributed by atoms with Crippen LogP contribution >= 0.6 is 23.1 Å². The van der Waals surface area contributed by atoms with E-state index in [0.29, 0.717) is 17.7 Å². The summed E-state index contributed by atoms with van der Waals surface area (Å²) in [6.45, 7) is 10.3.